The highest BCUT2D eigenvalue weighted by atomic mass is 32.2. The van der Waals surface area contributed by atoms with Gasteiger partial charge in [-0.05, 0) is 41.6 Å². The van der Waals surface area contributed by atoms with Gasteiger partial charge >= 0.3 is 0 Å². The average molecular weight is 434 g/mol. The van der Waals surface area contributed by atoms with Crippen molar-refractivity contribution >= 4 is 21.4 Å². The van der Waals surface area contributed by atoms with Crippen LogP contribution in [-0.4, -0.2) is 37.1 Å². The Bertz CT molecular complexity index is 1080. The number of hydrogen-bond donors (Lipinski definition) is 1. The van der Waals surface area contributed by atoms with Crippen molar-refractivity contribution in [2.75, 3.05) is 18.9 Å². The number of rotatable bonds is 10. The Balaban J connectivity index is 1.49. The monoisotopic (exact) mass is 433 g/mol. The fraction of sp³-hybridized carbons (Fsp3) is 0.300. The molecule has 0 saturated carbocycles. The third-order valence-electron chi connectivity index (χ3n) is 4.24. The molecular formula is C20H23N3O4S2. The van der Waals surface area contributed by atoms with Crippen LogP contribution >= 0.6 is 11.3 Å². The molecule has 2 heterocycles. The maximum atomic E-state index is 12.2. The minimum Gasteiger partial charge on any atom is -0.492 e. The van der Waals surface area contributed by atoms with Crippen LogP contribution < -0.4 is 15.0 Å². The maximum absolute atomic E-state index is 12.2. The van der Waals surface area contributed by atoms with Gasteiger partial charge in [-0.25, -0.2) is 17.8 Å². The second-order valence-corrected chi connectivity index (χ2v) is 9.19. The highest BCUT2D eigenvalue weighted by molar-refractivity contribution is 7.89. The average Bonchev–Trinajstić information content (AvgIpc) is 3.24. The number of thiophene rings is 1. The summed E-state index contributed by atoms with van der Waals surface area (Å²) in [7, 11) is -3.52. The van der Waals surface area contributed by atoms with E-state index in [2.05, 4.69) is 16.7 Å². The van der Waals surface area contributed by atoms with Crippen LogP contribution in [-0.2, 0) is 23.0 Å². The molecule has 0 aliphatic carbocycles. The maximum Gasteiger partial charge on any atom is 0.266 e. The summed E-state index contributed by atoms with van der Waals surface area (Å²) in [6.07, 6.45) is 0.937. The summed E-state index contributed by atoms with van der Waals surface area (Å²) in [4.78, 5) is 12.9. The lowest BCUT2D eigenvalue weighted by atomic mass is 10.2. The Morgan fingerprint density at radius 1 is 1.14 bits per heavy atom. The molecule has 1 N–H and O–H groups in total. The Kier molecular flexibility index (Phi) is 7.18. The predicted molar refractivity (Wildman–Crippen MR) is 115 cm³/mol. The van der Waals surface area contributed by atoms with Crippen molar-refractivity contribution in [3.05, 3.63) is 69.8 Å². The van der Waals surface area contributed by atoms with Gasteiger partial charge in [0.15, 0.2) is 0 Å². The summed E-state index contributed by atoms with van der Waals surface area (Å²) >= 11 is 1.52. The molecule has 0 radical (unpaired) electrons. The first kappa shape index (κ1) is 21.2. The van der Waals surface area contributed by atoms with Crippen molar-refractivity contribution in [3.63, 3.8) is 0 Å². The van der Waals surface area contributed by atoms with Gasteiger partial charge in [0.2, 0.25) is 10.0 Å². The van der Waals surface area contributed by atoms with Gasteiger partial charge in [0.1, 0.15) is 18.1 Å². The highest BCUT2D eigenvalue weighted by Crippen LogP contribution is 2.21. The second kappa shape index (κ2) is 9.82. The van der Waals surface area contributed by atoms with Crippen LogP contribution in [0.3, 0.4) is 0 Å². The fourth-order valence-corrected chi connectivity index (χ4v) is 4.17. The van der Waals surface area contributed by atoms with E-state index >= 15 is 0 Å². The van der Waals surface area contributed by atoms with Gasteiger partial charge in [-0.2, -0.15) is 5.10 Å². The summed E-state index contributed by atoms with van der Waals surface area (Å²) in [6.45, 7) is 2.34. The first-order chi connectivity index (χ1) is 14.0. The topological polar surface area (TPSA) is 90.3 Å². The van der Waals surface area contributed by atoms with Gasteiger partial charge in [-0.1, -0.05) is 25.1 Å². The van der Waals surface area contributed by atoms with Gasteiger partial charge in [-0.3, -0.25) is 4.79 Å². The smallest absolute Gasteiger partial charge is 0.266 e. The Hall–Kier alpha value is -2.49. The minimum absolute atomic E-state index is 0.0485. The number of nitrogens with zero attached hydrogens (tertiary/aromatic N) is 2. The molecule has 0 aliphatic heterocycles. The summed E-state index contributed by atoms with van der Waals surface area (Å²) in [5.74, 6) is 0.471. The Morgan fingerprint density at radius 3 is 2.62 bits per heavy atom. The van der Waals surface area contributed by atoms with Crippen LogP contribution in [0.1, 0.15) is 12.5 Å². The first-order valence-electron chi connectivity index (χ1n) is 9.28. The third-order valence-corrected chi connectivity index (χ3v) is 6.48. The molecule has 154 valence electrons. The van der Waals surface area contributed by atoms with Gasteiger partial charge in [0.05, 0.1) is 17.2 Å². The van der Waals surface area contributed by atoms with E-state index in [4.69, 9.17) is 4.74 Å². The summed E-state index contributed by atoms with van der Waals surface area (Å²) < 4.78 is 33.6. The zero-order valence-electron chi connectivity index (χ0n) is 16.1. The first-order valence-corrected chi connectivity index (χ1v) is 11.8. The van der Waals surface area contributed by atoms with E-state index in [-0.39, 0.29) is 31.0 Å². The number of nitrogens with one attached hydrogen (secondary N) is 1. The molecule has 3 rings (SSSR count). The molecule has 3 aromatic rings. The minimum atomic E-state index is -3.52. The highest BCUT2D eigenvalue weighted by Gasteiger charge is 2.11. The van der Waals surface area contributed by atoms with Gasteiger partial charge in [-0.15, -0.1) is 11.3 Å². The summed E-state index contributed by atoms with van der Waals surface area (Å²) in [5, 5.41) is 6.24. The molecule has 29 heavy (non-hydrogen) atoms. The van der Waals surface area contributed by atoms with E-state index < -0.39 is 10.0 Å². The van der Waals surface area contributed by atoms with Crippen molar-refractivity contribution in [1.82, 2.24) is 14.5 Å². The zero-order chi connectivity index (χ0) is 20.7. The lowest BCUT2D eigenvalue weighted by Gasteiger charge is -2.10. The van der Waals surface area contributed by atoms with Crippen LogP contribution in [0, 0.1) is 0 Å². The molecule has 0 amide bonds. The molecule has 0 unspecified atom stereocenters. The molecule has 0 saturated heterocycles. The van der Waals surface area contributed by atoms with Crippen molar-refractivity contribution in [3.8, 4) is 16.3 Å². The van der Waals surface area contributed by atoms with Gasteiger partial charge in [0.25, 0.3) is 5.56 Å². The van der Waals surface area contributed by atoms with Crippen molar-refractivity contribution < 1.29 is 13.2 Å². The van der Waals surface area contributed by atoms with Gasteiger partial charge < -0.3 is 4.74 Å². The predicted octanol–water partition coefficient (Wildman–Crippen LogP) is 2.53. The number of sulfonamides is 1. The number of aromatic nitrogens is 2. The Labute approximate surface area is 174 Å². The van der Waals surface area contributed by atoms with Crippen LogP contribution in [0.15, 0.2) is 58.7 Å². The quantitative estimate of drug-likeness (QED) is 0.531. The lowest BCUT2D eigenvalue weighted by molar-refractivity contribution is 0.340. The molecular weight excluding hydrogens is 410 g/mol. The molecule has 0 fully saturated rings. The lowest BCUT2D eigenvalue weighted by Crippen LogP contribution is -2.34. The van der Waals surface area contributed by atoms with Crippen molar-refractivity contribution in [2.24, 2.45) is 0 Å². The van der Waals surface area contributed by atoms with E-state index in [0.29, 0.717) is 11.4 Å². The standard InChI is InChI=1S/C20H23N3O4S2/c1-2-16-5-7-17(8-6-16)27-13-15-29(25,26)21-11-12-23-20(24)10-9-18(22-23)19-4-3-14-28-19/h3-10,14,21H,2,11-13,15H2,1H3. The molecule has 2 aromatic heterocycles. The summed E-state index contributed by atoms with van der Waals surface area (Å²) in [5.41, 5.74) is 1.60. The molecule has 0 atom stereocenters. The van der Waals surface area contributed by atoms with E-state index in [0.717, 1.165) is 11.3 Å². The fourth-order valence-electron chi connectivity index (χ4n) is 2.63. The van der Waals surface area contributed by atoms with Gasteiger partial charge in [0, 0.05) is 12.6 Å². The Morgan fingerprint density at radius 2 is 1.93 bits per heavy atom. The summed E-state index contributed by atoms with van der Waals surface area (Å²) in [6, 6.07) is 14.5. The molecule has 9 heteroatoms. The number of hydrogen-bond acceptors (Lipinski definition) is 6. The number of benzene rings is 1. The van der Waals surface area contributed by atoms with Crippen LogP contribution in [0.4, 0.5) is 0 Å². The third kappa shape index (κ3) is 6.25. The number of ether oxygens (including phenoxy) is 1. The van der Waals surface area contributed by atoms with E-state index in [1.807, 2.05) is 41.8 Å². The molecule has 0 aliphatic rings. The molecule has 7 nitrogen and oxygen atoms in total. The molecule has 0 bridgehead atoms. The van der Waals surface area contributed by atoms with Crippen LogP contribution in [0.5, 0.6) is 5.75 Å². The second-order valence-electron chi connectivity index (χ2n) is 6.32. The normalized spacial score (nSPS) is 11.5. The van der Waals surface area contributed by atoms with Crippen molar-refractivity contribution in [2.45, 2.75) is 19.9 Å². The number of aryl methyl sites for hydroxylation is 1. The van der Waals surface area contributed by atoms with E-state index in [1.54, 1.807) is 6.07 Å². The van der Waals surface area contributed by atoms with E-state index in [9.17, 15) is 13.2 Å². The SMILES string of the molecule is CCc1ccc(OCCS(=O)(=O)NCCn2nc(-c3cccs3)ccc2=O)cc1. The largest absolute Gasteiger partial charge is 0.492 e. The van der Waals surface area contributed by atoms with Crippen LogP contribution in [0.2, 0.25) is 0 Å². The molecule has 0 spiro atoms. The van der Waals surface area contributed by atoms with Crippen LogP contribution in [0.25, 0.3) is 10.6 Å². The zero-order valence-corrected chi connectivity index (χ0v) is 17.7. The molecule has 1 aromatic carbocycles. The van der Waals surface area contributed by atoms with Crippen molar-refractivity contribution in [1.29, 1.82) is 0 Å². The van der Waals surface area contributed by atoms with E-state index in [1.165, 1.54) is 27.6 Å².